The van der Waals surface area contributed by atoms with Gasteiger partial charge in [-0.25, -0.2) is 4.79 Å². The molecule has 1 aliphatic carbocycles. The number of halogens is 1. The zero-order valence-electron chi connectivity index (χ0n) is 11.4. The van der Waals surface area contributed by atoms with Gasteiger partial charge in [0.25, 0.3) is 0 Å². The first-order chi connectivity index (χ1) is 9.90. The number of hydrogen-bond donors (Lipinski definition) is 1. The Kier molecular flexibility index (Phi) is 3.24. The van der Waals surface area contributed by atoms with Crippen LogP contribution < -0.4 is 4.90 Å². The molecule has 2 aliphatic rings. The van der Waals surface area contributed by atoms with Crippen molar-refractivity contribution >= 4 is 35.1 Å². The van der Waals surface area contributed by atoms with Crippen molar-refractivity contribution in [3.8, 4) is 0 Å². The maximum Gasteiger partial charge on any atom is 0.337 e. The third-order valence-corrected chi connectivity index (χ3v) is 4.64. The smallest absolute Gasteiger partial charge is 0.337 e. The number of carbonyl (C=O) groups excluding carboxylic acids is 2. The minimum Gasteiger partial charge on any atom is -0.478 e. The van der Waals surface area contributed by atoms with E-state index < -0.39 is 5.97 Å². The van der Waals surface area contributed by atoms with E-state index in [9.17, 15) is 14.4 Å². The Morgan fingerprint density at radius 3 is 2.33 bits per heavy atom. The lowest BCUT2D eigenvalue weighted by atomic mass is 10.00. The number of benzene rings is 1. The number of rotatable bonds is 2. The number of fused-ring (bicyclic) bond motifs is 1. The van der Waals surface area contributed by atoms with Gasteiger partial charge in [-0.2, -0.15) is 0 Å². The molecule has 2 atom stereocenters. The second-order valence-corrected chi connectivity index (χ2v) is 6.18. The van der Waals surface area contributed by atoms with Gasteiger partial charge >= 0.3 is 5.97 Å². The number of carboxylic acid groups (broad SMARTS) is 1. The second kappa shape index (κ2) is 4.84. The van der Waals surface area contributed by atoms with Crippen molar-refractivity contribution in [3.63, 3.8) is 0 Å². The number of anilines is 1. The fraction of sp³-hybridized carbons (Fsp3) is 0.400. The lowest BCUT2D eigenvalue weighted by molar-refractivity contribution is -0.123. The van der Waals surface area contributed by atoms with E-state index in [0.29, 0.717) is 18.8 Å². The second-order valence-electron chi connectivity index (χ2n) is 5.77. The Morgan fingerprint density at radius 1 is 1.24 bits per heavy atom. The maximum absolute atomic E-state index is 12.4. The first-order valence-corrected chi connectivity index (χ1v) is 7.18. The summed E-state index contributed by atoms with van der Waals surface area (Å²) in [6.07, 6.45) is 1.43. The van der Waals surface area contributed by atoms with Crippen LogP contribution in [0.15, 0.2) is 18.2 Å². The minimum atomic E-state index is -1.19. The highest BCUT2D eigenvalue weighted by Gasteiger charge is 2.52. The van der Waals surface area contributed by atoms with Gasteiger partial charge in [-0.05, 0) is 37.0 Å². The molecule has 0 radical (unpaired) electrons. The molecule has 1 aliphatic heterocycles. The van der Waals surface area contributed by atoms with Crippen LogP contribution in [0.3, 0.4) is 0 Å². The van der Waals surface area contributed by atoms with Gasteiger partial charge in [0.05, 0.1) is 28.1 Å². The van der Waals surface area contributed by atoms with E-state index >= 15 is 0 Å². The predicted octanol–water partition coefficient (Wildman–Crippen LogP) is 2.57. The molecule has 2 fully saturated rings. The molecule has 1 heterocycles. The Balaban J connectivity index is 1.99. The summed E-state index contributed by atoms with van der Waals surface area (Å²) in [7, 11) is 0. The molecule has 1 aromatic rings. The van der Waals surface area contributed by atoms with Crippen molar-refractivity contribution in [1.29, 1.82) is 0 Å². The monoisotopic (exact) mass is 307 g/mol. The Labute approximate surface area is 126 Å². The normalized spacial score (nSPS) is 28.1. The van der Waals surface area contributed by atoms with Crippen molar-refractivity contribution in [3.05, 3.63) is 28.8 Å². The standard InChI is InChI=1S/C15H14ClNO4/c1-7-4-9-10(5-7)14(19)17(13(9)18)8-2-3-12(16)11(6-8)15(20)21/h2-3,6-7,9-10H,4-5H2,1H3,(H,20,21). The van der Waals surface area contributed by atoms with Crippen LogP contribution >= 0.6 is 11.6 Å². The van der Waals surface area contributed by atoms with Crippen LogP contribution in [0, 0.1) is 17.8 Å². The maximum atomic E-state index is 12.4. The number of imide groups is 1. The summed E-state index contributed by atoms with van der Waals surface area (Å²) in [5, 5.41) is 9.17. The fourth-order valence-corrected chi connectivity index (χ4v) is 3.55. The van der Waals surface area contributed by atoms with Gasteiger partial charge in [-0.15, -0.1) is 0 Å². The number of aromatic carboxylic acids is 1. The number of carboxylic acids is 1. The van der Waals surface area contributed by atoms with Gasteiger partial charge < -0.3 is 5.11 Å². The van der Waals surface area contributed by atoms with E-state index in [0.717, 1.165) is 4.90 Å². The molecule has 2 amide bonds. The molecule has 1 saturated heterocycles. The molecular weight excluding hydrogens is 294 g/mol. The molecule has 1 N–H and O–H groups in total. The van der Waals surface area contributed by atoms with Crippen LogP contribution in [0.2, 0.25) is 5.02 Å². The zero-order valence-corrected chi connectivity index (χ0v) is 12.1. The van der Waals surface area contributed by atoms with Crippen LogP contribution in [0.1, 0.15) is 30.1 Å². The number of amides is 2. The molecule has 0 spiro atoms. The number of nitrogens with zero attached hydrogens (tertiary/aromatic N) is 1. The van der Waals surface area contributed by atoms with E-state index in [-0.39, 0.29) is 39.9 Å². The molecule has 2 unspecified atom stereocenters. The molecule has 21 heavy (non-hydrogen) atoms. The van der Waals surface area contributed by atoms with Crippen LogP contribution in [-0.2, 0) is 9.59 Å². The van der Waals surface area contributed by atoms with Crippen LogP contribution in [0.5, 0.6) is 0 Å². The molecule has 1 saturated carbocycles. The molecule has 6 heteroatoms. The topological polar surface area (TPSA) is 74.7 Å². The van der Waals surface area contributed by atoms with E-state index in [4.69, 9.17) is 16.7 Å². The fourth-order valence-electron chi connectivity index (χ4n) is 3.35. The lowest BCUT2D eigenvalue weighted by Crippen LogP contribution is -2.32. The van der Waals surface area contributed by atoms with Gasteiger partial charge in [0.2, 0.25) is 11.8 Å². The summed E-state index contributed by atoms with van der Waals surface area (Å²) in [4.78, 5) is 37.1. The molecule has 0 bridgehead atoms. The average molecular weight is 308 g/mol. The third kappa shape index (κ3) is 2.12. The Hall–Kier alpha value is -1.88. The summed E-state index contributed by atoms with van der Waals surface area (Å²) in [6.45, 7) is 2.04. The van der Waals surface area contributed by atoms with Gasteiger partial charge in [-0.1, -0.05) is 18.5 Å². The first-order valence-electron chi connectivity index (χ1n) is 6.80. The van der Waals surface area contributed by atoms with Gasteiger partial charge in [0, 0.05) is 0 Å². The predicted molar refractivity (Wildman–Crippen MR) is 76.3 cm³/mol. The van der Waals surface area contributed by atoms with E-state index in [2.05, 4.69) is 0 Å². The molecule has 0 aromatic heterocycles. The van der Waals surface area contributed by atoms with Crippen LogP contribution in [0.4, 0.5) is 5.69 Å². The number of hydrogen-bond acceptors (Lipinski definition) is 3. The minimum absolute atomic E-state index is 0.0826. The van der Waals surface area contributed by atoms with Crippen LogP contribution in [-0.4, -0.2) is 22.9 Å². The van der Waals surface area contributed by atoms with Crippen molar-refractivity contribution < 1.29 is 19.5 Å². The summed E-state index contributed by atoms with van der Waals surface area (Å²) in [5.74, 6) is -1.81. The molecule has 3 rings (SSSR count). The third-order valence-electron chi connectivity index (χ3n) is 4.31. The molecular formula is C15H14ClNO4. The largest absolute Gasteiger partial charge is 0.478 e. The quantitative estimate of drug-likeness (QED) is 0.852. The zero-order chi connectivity index (χ0) is 15.3. The molecule has 1 aromatic carbocycles. The van der Waals surface area contributed by atoms with Gasteiger partial charge in [0.15, 0.2) is 0 Å². The first kappa shape index (κ1) is 14.1. The van der Waals surface area contributed by atoms with Gasteiger partial charge in [-0.3, -0.25) is 14.5 Å². The van der Waals surface area contributed by atoms with Crippen LogP contribution in [0.25, 0.3) is 0 Å². The lowest BCUT2D eigenvalue weighted by Gasteiger charge is -2.17. The summed E-state index contributed by atoms with van der Waals surface area (Å²) < 4.78 is 0. The Bertz CT molecular complexity index is 633. The summed E-state index contributed by atoms with van der Waals surface area (Å²) in [5.41, 5.74) is 0.175. The summed E-state index contributed by atoms with van der Waals surface area (Å²) >= 11 is 5.82. The van der Waals surface area contributed by atoms with Crippen molar-refractivity contribution in [1.82, 2.24) is 0 Å². The molecule has 110 valence electrons. The van der Waals surface area contributed by atoms with Crippen molar-refractivity contribution in [2.45, 2.75) is 19.8 Å². The SMILES string of the molecule is CC1CC2C(=O)N(c3ccc(Cl)c(C(=O)O)c3)C(=O)C2C1. The van der Waals surface area contributed by atoms with E-state index in [1.165, 1.54) is 18.2 Å². The highest BCUT2D eigenvalue weighted by atomic mass is 35.5. The average Bonchev–Trinajstić information content (AvgIpc) is 2.90. The van der Waals surface area contributed by atoms with E-state index in [1.807, 2.05) is 6.92 Å². The van der Waals surface area contributed by atoms with E-state index in [1.54, 1.807) is 0 Å². The Morgan fingerprint density at radius 2 is 1.81 bits per heavy atom. The summed E-state index contributed by atoms with van der Waals surface area (Å²) in [6, 6.07) is 4.19. The van der Waals surface area contributed by atoms with Crippen molar-refractivity contribution in [2.75, 3.05) is 4.90 Å². The highest BCUT2D eigenvalue weighted by Crippen LogP contribution is 2.44. The van der Waals surface area contributed by atoms with Gasteiger partial charge in [0.1, 0.15) is 0 Å². The van der Waals surface area contributed by atoms with Crippen molar-refractivity contribution in [2.24, 2.45) is 17.8 Å². The highest BCUT2D eigenvalue weighted by molar-refractivity contribution is 6.34. The number of carbonyl (C=O) groups is 3. The molecule has 5 nitrogen and oxygen atoms in total.